The lowest BCUT2D eigenvalue weighted by molar-refractivity contribution is 0.354. The number of rotatable bonds is 7. The van der Waals surface area contributed by atoms with Gasteiger partial charge in [-0.25, -0.2) is 4.98 Å². The number of hydrogen-bond acceptors (Lipinski definition) is 4. The molecule has 1 aromatic carbocycles. The number of methoxy groups -OCH3 is 2. The molecule has 2 aromatic rings. The Hall–Kier alpha value is -2.01. The topological polar surface area (TPSA) is 48.3 Å². The number of hydrogen-bond donors (Lipinski definition) is 1. The fraction of sp³-hybridized carbons (Fsp3) is 0.400. The van der Waals surface area contributed by atoms with Crippen molar-refractivity contribution < 1.29 is 9.47 Å². The van der Waals surface area contributed by atoms with Gasteiger partial charge in [-0.05, 0) is 24.2 Å². The maximum atomic E-state index is 5.33. The average molecular weight is 275 g/mol. The van der Waals surface area contributed by atoms with Gasteiger partial charge in [0.15, 0.2) is 11.5 Å². The Bertz CT molecular complexity index is 552. The van der Waals surface area contributed by atoms with Gasteiger partial charge in [0.1, 0.15) is 0 Å². The van der Waals surface area contributed by atoms with Crippen LogP contribution >= 0.6 is 0 Å². The Kier molecular flexibility index (Phi) is 5.01. The maximum absolute atomic E-state index is 5.33. The van der Waals surface area contributed by atoms with E-state index in [4.69, 9.17) is 9.47 Å². The molecule has 1 heterocycles. The summed E-state index contributed by atoms with van der Waals surface area (Å²) in [5.74, 6) is 1.49. The lowest BCUT2D eigenvalue weighted by Crippen LogP contribution is -2.15. The predicted molar refractivity (Wildman–Crippen MR) is 78.3 cm³/mol. The highest BCUT2D eigenvalue weighted by Crippen LogP contribution is 2.27. The second-order valence-electron chi connectivity index (χ2n) is 4.48. The van der Waals surface area contributed by atoms with Crippen molar-refractivity contribution in [2.45, 2.75) is 20.0 Å². The van der Waals surface area contributed by atoms with E-state index < -0.39 is 0 Å². The van der Waals surface area contributed by atoms with Crippen LogP contribution in [0, 0.1) is 0 Å². The molecule has 0 atom stereocenters. The minimum absolute atomic E-state index is 0.745. The molecule has 0 aliphatic rings. The van der Waals surface area contributed by atoms with Crippen molar-refractivity contribution >= 4 is 0 Å². The summed E-state index contributed by atoms with van der Waals surface area (Å²) in [6.45, 7) is 4.63. The van der Waals surface area contributed by atoms with Crippen molar-refractivity contribution in [3.8, 4) is 11.5 Å². The number of aromatic nitrogens is 2. The summed E-state index contributed by atoms with van der Waals surface area (Å²) in [4.78, 5) is 4.21. The molecule has 0 bridgehead atoms. The second kappa shape index (κ2) is 6.96. The minimum atomic E-state index is 0.745. The van der Waals surface area contributed by atoms with Crippen molar-refractivity contribution in [3.05, 3.63) is 42.0 Å². The van der Waals surface area contributed by atoms with Gasteiger partial charge in [-0.1, -0.05) is 13.0 Å². The molecule has 20 heavy (non-hydrogen) atoms. The van der Waals surface area contributed by atoms with Gasteiger partial charge in [-0.15, -0.1) is 0 Å². The van der Waals surface area contributed by atoms with Crippen molar-refractivity contribution in [3.63, 3.8) is 0 Å². The van der Waals surface area contributed by atoms with Crippen LogP contribution in [-0.4, -0.2) is 30.3 Å². The van der Waals surface area contributed by atoms with E-state index in [0.29, 0.717) is 0 Å². The number of ether oxygens (including phenoxy) is 2. The summed E-state index contributed by atoms with van der Waals surface area (Å²) in [5.41, 5.74) is 2.32. The Balaban J connectivity index is 2.15. The Morgan fingerprint density at radius 3 is 2.70 bits per heavy atom. The van der Waals surface area contributed by atoms with Crippen LogP contribution in [0.15, 0.2) is 30.7 Å². The molecule has 0 saturated carbocycles. The summed E-state index contributed by atoms with van der Waals surface area (Å²) in [7, 11) is 3.29. The van der Waals surface area contributed by atoms with Crippen LogP contribution in [0.1, 0.15) is 18.2 Å². The largest absolute Gasteiger partial charge is 0.493 e. The number of benzene rings is 1. The molecule has 5 heteroatoms. The normalized spacial score (nSPS) is 10.6. The summed E-state index contributed by atoms with van der Waals surface area (Å²) in [6.07, 6.45) is 3.74. The highest BCUT2D eigenvalue weighted by Gasteiger charge is 2.07. The van der Waals surface area contributed by atoms with Crippen LogP contribution in [0.25, 0.3) is 0 Å². The smallest absolute Gasteiger partial charge is 0.161 e. The van der Waals surface area contributed by atoms with E-state index in [9.17, 15) is 0 Å². The van der Waals surface area contributed by atoms with E-state index >= 15 is 0 Å². The van der Waals surface area contributed by atoms with E-state index in [0.717, 1.165) is 36.7 Å². The molecule has 0 aliphatic carbocycles. The monoisotopic (exact) mass is 275 g/mol. The summed E-state index contributed by atoms with van der Waals surface area (Å²) in [5, 5.41) is 3.31. The van der Waals surface area contributed by atoms with E-state index in [2.05, 4.69) is 21.8 Å². The molecular weight excluding hydrogens is 254 g/mol. The van der Waals surface area contributed by atoms with E-state index in [-0.39, 0.29) is 0 Å². The van der Waals surface area contributed by atoms with E-state index in [1.165, 1.54) is 5.69 Å². The first-order chi connectivity index (χ1) is 9.78. The number of imidazole rings is 1. The SMILES string of the molecule is CCNCc1cncn1Cc1ccc(OC)c(OC)c1. The van der Waals surface area contributed by atoms with Gasteiger partial charge in [-0.3, -0.25) is 0 Å². The Morgan fingerprint density at radius 2 is 2.00 bits per heavy atom. The number of nitrogens with one attached hydrogen (secondary N) is 1. The van der Waals surface area contributed by atoms with Gasteiger partial charge in [0.2, 0.25) is 0 Å². The average Bonchev–Trinajstić information content (AvgIpc) is 2.92. The molecule has 5 nitrogen and oxygen atoms in total. The zero-order chi connectivity index (χ0) is 14.4. The quantitative estimate of drug-likeness (QED) is 0.840. The van der Waals surface area contributed by atoms with Crippen molar-refractivity contribution in [1.82, 2.24) is 14.9 Å². The molecule has 0 aliphatic heterocycles. The van der Waals surface area contributed by atoms with Gasteiger partial charge in [0, 0.05) is 19.3 Å². The maximum Gasteiger partial charge on any atom is 0.161 e. The summed E-state index contributed by atoms with van der Waals surface area (Å²) >= 11 is 0. The molecule has 0 spiro atoms. The lowest BCUT2D eigenvalue weighted by Gasteiger charge is -2.12. The predicted octanol–water partition coefficient (Wildman–Crippen LogP) is 2.06. The van der Waals surface area contributed by atoms with Gasteiger partial charge in [0.05, 0.1) is 26.2 Å². The third kappa shape index (κ3) is 3.30. The van der Waals surface area contributed by atoms with Crippen LogP contribution in [-0.2, 0) is 13.1 Å². The zero-order valence-electron chi connectivity index (χ0n) is 12.2. The molecule has 1 aromatic heterocycles. The fourth-order valence-corrected chi connectivity index (χ4v) is 2.07. The molecule has 0 unspecified atom stereocenters. The van der Waals surface area contributed by atoms with Crippen LogP contribution in [0.4, 0.5) is 0 Å². The molecule has 1 N–H and O–H groups in total. The molecule has 108 valence electrons. The van der Waals surface area contributed by atoms with E-state index in [1.54, 1.807) is 14.2 Å². The molecule has 2 rings (SSSR count). The molecule has 0 amide bonds. The van der Waals surface area contributed by atoms with Gasteiger partial charge in [0.25, 0.3) is 0 Å². The van der Waals surface area contributed by atoms with Gasteiger partial charge < -0.3 is 19.4 Å². The second-order valence-corrected chi connectivity index (χ2v) is 4.48. The standard InChI is InChI=1S/C15H21N3O2/c1-4-16-8-13-9-17-11-18(13)10-12-5-6-14(19-2)15(7-12)20-3/h5-7,9,11,16H,4,8,10H2,1-3H3. The first kappa shape index (κ1) is 14.4. The number of nitrogens with zero attached hydrogens (tertiary/aromatic N) is 2. The van der Waals surface area contributed by atoms with Crippen molar-refractivity contribution in [2.75, 3.05) is 20.8 Å². The van der Waals surface area contributed by atoms with Crippen LogP contribution in [0.2, 0.25) is 0 Å². The Labute approximate surface area is 119 Å². The van der Waals surface area contributed by atoms with Gasteiger partial charge in [-0.2, -0.15) is 0 Å². The van der Waals surface area contributed by atoms with Crippen LogP contribution in [0.5, 0.6) is 11.5 Å². The molecule has 0 fully saturated rings. The van der Waals surface area contributed by atoms with E-state index in [1.807, 2.05) is 30.7 Å². The van der Waals surface area contributed by atoms with Crippen LogP contribution < -0.4 is 14.8 Å². The highest BCUT2D eigenvalue weighted by molar-refractivity contribution is 5.43. The minimum Gasteiger partial charge on any atom is -0.493 e. The Morgan fingerprint density at radius 1 is 1.20 bits per heavy atom. The zero-order valence-corrected chi connectivity index (χ0v) is 12.2. The third-order valence-electron chi connectivity index (χ3n) is 3.16. The van der Waals surface area contributed by atoms with Crippen molar-refractivity contribution in [1.29, 1.82) is 0 Å². The molecule has 0 radical (unpaired) electrons. The van der Waals surface area contributed by atoms with Gasteiger partial charge >= 0.3 is 0 Å². The third-order valence-corrected chi connectivity index (χ3v) is 3.16. The summed E-state index contributed by atoms with van der Waals surface area (Å²) < 4.78 is 12.7. The lowest BCUT2D eigenvalue weighted by atomic mass is 10.2. The highest BCUT2D eigenvalue weighted by atomic mass is 16.5. The summed E-state index contributed by atoms with van der Waals surface area (Å²) in [6, 6.07) is 5.96. The fourth-order valence-electron chi connectivity index (χ4n) is 2.07. The van der Waals surface area contributed by atoms with Crippen molar-refractivity contribution in [2.24, 2.45) is 0 Å². The first-order valence-electron chi connectivity index (χ1n) is 6.69. The molecule has 0 saturated heterocycles. The first-order valence-corrected chi connectivity index (χ1v) is 6.69. The van der Waals surface area contributed by atoms with Crippen LogP contribution in [0.3, 0.4) is 0 Å². The molecular formula is C15H21N3O2.